The zero-order chi connectivity index (χ0) is 9.84. The van der Waals surface area contributed by atoms with Gasteiger partial charge in [0.1, 0.15) is 0 Å². The highest BCUT2D eigenvalue weighted by molar-refractivity contribution is 5.44. The molecule has 3 heteroatoms. The molecule has 0 amide bonds. The molecule has 0 fully saturated rings. The van der Waals surface area contributed by atoms with E-state index in [1.165, 1.54) is 6.07 Å². The highest BCUT2D eigenvalue weighted by Gasteiger charge is 2.05. The number of benzene rings is 1. The van der Waals surface area contributed by atoms with Gasteiger partial charge < -0.3 is 15.9 Å². The quantitative estimate of drug-likeness (QED) is 0.617. The Morgan fingerprint density at radius 2 is 2.08 bits per heavy atom. The molecule has 0 saturated heterocycles. The number of aryl methyl sites for hydroxylation is 1. The Morgan fingerprint density at radius 1 is 1.38 bits per heavy atom. The minimum Gasteiger partial charge on any atom is -0.504 e. The third kappa shape index (κ3) is 2.63. The Balaban J connectivity index is 2.71. The number of nitrogens with two attached hydrogens (primary N) is 1. The number of para-hydroxylation sites is 1. The number of hydrogen-bond acceptors (Lipinski definition) is 3. The van der Waals surface area contributed by atoms with Crippen LogP contribution in [0.25, 0.3) is 0 Å². The van der Waals surface area contributed by atoms with Crippen molar-refractivity contribution < 1.29 is 10.2 Å². The molecule has 1 rings (SSSR count). The van der Waals surface area contributed by atoms with Crippen LogP contribution in [0.5, 0.6) is 11.5 Å². The molecule has 1 aromatic rings. The average Bonchev–Trinajstić information content (AvgIpc) is 2.07. The largest absolute Gasteiger partial charge is 0.504 e. The van der Waals surface area contributed by atoms with Crippen LogP contribution in [-0.2, 0) is 6.42 Å². The molecule has 4 N–H and O–H groups in total. The van der Waals surface area contributed by atoms with Crippen LogP contribution in [0.1, 0.15) is 18.9 Å². The second-order valence-corrected chi connectivity index (χ2v) is 3.30. The van der Waals surface area contributed by atoms with E-state index in [1.807, 2.05) is 6.92 Å². The van der Waals surface area contributed by atoms with E-state index in [-0.39, 0.29) is 17.5 Å². The summed E-state index contributed by atoms with van der Waals surface area (Å²) < 4.78 is 0. The molecule has 0 saturated carbocycles. The van der Waals surface area contributed by atoms with Gasteiger partial charge in [-0.15, -0.1) is 0 Å². The monoisotopic (exact) mass is 181 g/mol. The molecule has 0 heterocycles. The van der Waals surface area contributed by atoms with Crippen LogP contribution in [0.2, 0.25) is 0 Å². The molecule has 0 radical (unpaired) electrons. The fourth-order valence-corrected chi connectivity index (χ4v) is 1.16. The predicted molar refractivity (Wildman–Crippen MR) is 51.7 cm³/mol. The van der Waals surface area contributed by atoms with E-state index in [2.05, 4.69) is 0 Å². The minimum atomic E-state index is -0.0674. The van der Waals surface area contributed by atoms with Crippen LogP contribution in [0, 0.1) is 0 Å². The van der Waals surface area contributed by atoms with Gasteiger partial charge in [0, 0.05) is 6.04 Å². The standard InChI is InChI=1S/C10H15NO2/c1-7(11)5-6-8-3-2-4-9(12)10(8)13/h2-4,7,12-13H,5-6,11H2,1H3/t7-/m1/s1. The lowest BCUT2D eigenvalue weighted by molar-refractivity contribution is 0.398. The molecule has 0 spiro atoms. The first kappa shape index (κ1) is 9.86. The minimum absolute atomic E-state index is 0.0249. The van der Waals surface area contributed by atoms with E-state index in [1.54, 1.807) is 12.1 Å². The molecule has 13 heavy (non-hydrogen) atoms. The summed E-state index contributed by atoms with van der Waals surface area (Å²) in [6, 6.07) is 5.08. The summed E-state index contributed by atoms with van der Waals surface area (Å²) >= 11 is 0. The highest BCUT2D eigenvalue weighted by Crippen LogP contribution is 2.28. The Bertz CT molecular complexity index is 284. The van der Waals surface area contributed by atoms with Crippen molar-refractivity contribution in [2.24, 2.45) is 5.73 Å². The van der Waals surface area contributed by atoms with Crippen molar-refractivity contribution in [2.45, 2.75) is 25.8 Å². The van der Waals surface area contributed by atoms with Crippen LogP contribution in [-0.4, -0.2) is 16.3 Å². The fraction of sp³-hybridized carbons (Fsp3) is 0.400. The summed E-state index contributed by atoms with van der Waals surface area (Å²) in [7, 11) is 0. The lowest BCUT2D eigenvalue weighted by Gasteiger charge is -2.07. The van der Waals surface area contributed by atoms with Crippen LogP contribution in [0.3, 0.4) is 0 Å². The van der Waals surface area contributed by atoms with Crippen LogP contribution < -0.4 is 5.73 Å². The maximum absolute atomic E-state index is 9.42. The number of phenolic OH excluding ortho intramolecular Hbond substituents is 2. The first-order valence-electron chi connectivity index (χ1n) is 4.36. The Hall–Kier alpha value is -1.22. The molecule has 0 aliphatic heterocycles. The normalized spacial score (nSPS) is 12.8. The summed E-state index contributed by atoms with van der Waals surface area (Å²) in [6.07, 6.45) is 1.49. The summed E-state index contributed by atoms with van der Waals surface area (Å²) in [4.78, 5) is 0. The molecule has 3 nitrogen and oxygen atoms in total. The van der Waals surface area contributed by atoms with Gasteiger partial charge in [0.2, 0.25) is 0 Å². The van der Waals surface area contributed by atoms with Crippen molar-refractivity contribution in [3.63, 3.8) is 0 Å². The Labute approximate surface area is 77.8 Å². The summed E-state index contributed by atoms with van der Waals surface area (Å²) in [5, 5.41) is 18.6. The first-order valence-corrected chi connectivity index (χ1v) is 4.36. The van der Waals surface area contributed by atoms with Gasteiger partial charge in [0.25, 0.3) is 0 Å². The number of phenols is 2. The molecule has 0 unspecified atom stereocenters. The van der Waals surface area contributed by atoms with E-state index < -0.39 is 0 Å². The van der Waals surface area contributed by atoms with Crippen molar-refractivity contribution in [1.29, 1.82) is 0 Å². The molecule has 1 aromatic carbocycles. The summed E-state index contributed by atoms with van der Waals surface area (Å²) in [5.74, 6) is -0.0923. The van der Waals surface area contributed by atoms with E-state index in [9.17, 15) is 10.2 Å². The number of hydrogen-bond donors (Lipinski definition) is 3. The van der Waals surface area contributed by atoms with Crippen molar-refractivity contribution in [2.75, 3.05) is 0 Å². The van der Waals surface area contributed by atoms with Crippen molar-refractivity contribution in [3.8, 4) is 11.5 Å². The topological polar surface area (TPSA) is 66.5 Å². The number of aromatic hydroxyl groups is 2. The van der Waals surface area contributed by atoms with Crippen molar-refractivity contribution in [1.82, 2.24) is 0 Å². The van der Waals surface area contributed by atoms with Gasteiger partial charge in [0.15, 0.2) is 11.5 Å². The summed E-state index contributed by atoms with van der Waals surface area (Å²) in [6.45, 7) is 1.92. The van der Waals surface area contributed by atoms with Crippen LogP contribution >= 0.6 is 0 Å². The maximum atomic E-state index is 9.42. The molecular formula is C10H15NO2. The predicted octanol–water partition coefficient (Wildman–Crippen LogP) is 1.38. The lowest BCUT2D eigenvalue weighted by Crippen LogP contribution is -2.15. The third-order valence-electron chi connectivity index (χ3n) is 1.97. The molecule has 1 atom stereocenters. The van der Waals surface area contributed by atoms with Gasteiger partial charge in [-0.25, -0.2) is 0 Å². The second kappa shape index (κ2) is 4.14. The van der Waals surface area contributed by atoms with Crippen molar-refractivity contribution >= 4 is 0 Å². The van der Waals surface area contributed by atoms with Crippen molar-refractivity contribution in [3.05, 3.63) is 23.8 Å². The smallest absolute Gasteiger partial charge is 0.160 e. The summed E-state index contributed by atoms with van der Waals surface area (Å²) in [5.41, 5.74) is 6.33. The second-order valence-electron chi connectivity index (χ2n) is 3.30. The SMILES string of the molecule is C[C@@H](N)CCc1cccc(O)c1O. The van der Waals surface area contributed by atoms with Gasteiger partial charge >= 0.3 is 0 Å². The Kier molecular flexibility index (Phi) is 3.14. The molecular weight excluding hydrogens is 166 g/mol. The molecule has 0 aliphatic rings. The van der Waals surface area contributed by atoms with Gasteiger partial charge in [0.05, 0.1) is 0 Å². The van der Waals surface area contributed by atoms with E-state index in [0.717, 1.165) is 12.0 Å². The zero-order valence-electron chi connectivity index (χ0n) is 7.70. The first-order chi connectivity index (χ1) is 6.11. The molecule has 0 aliphatic carbocycles. The highest BCUT2D eigenvalue weighted by atomic mass is 16.3. The molecule has 72 valence electrons. The van der Waals surface area contributed by atoms with Crippen LogP contribution in [0.4, 0.5) is 0 Å². The average molecular weight is 181 g/mol. The third-order valence-corrected chi connectivity index (χ3v) is 1.97. The van der Waals surface area contributed by atoms with Gasteiger partial charge in [-0.1, -0.05) is 12.1 Å². The lowest BCUT2D eigenvalue weighted by atomic mass is 10.1. The Morgan fingerprint density at radius 3 is 2.69 bits per heavy atom. The van der Waals surface area contributed by atoms with Crippen LogP contribution in [0.15, 0.2) is 18.2 Å². The number of rotatable bonds is 3. The van der Waals surface area contributed by atoms with Gasteiger partial charge in [-0.3, -0.25) is 0 Å². The molecule has 0 bridgehead atoms. The zero-order valence-corrected chi connectivity index (χ0v) is 7.70. The van der Waals surface area contributed by atoms with E-state index in [4.69, 9.17) is 5.73 Å². The fourth-order valence-electron chi connectivity index (χ4n) is 1.16. The maximum Gasteiger partial charge on any atom is 0.160 e. The molecule has 0 aromatic heterocycles. The van der Waals surface area contributed by atoms with Gasteiger partial charge in [-0.2, -0.15) is 0 Å². The van der Waals surface area contributed by atoms with Gasteiger partial charge in [-0.05, 0) is 31.4 Å². The van der Waals surface area contributed by atoms with E-state index in [0.29, 0.717) is 6.42 Å². The van der Waals surface area contributed by atoms with E-state index >= 15 is 0 Å².